The van der Waals surface area contributed by atoms with E-state index in [4.69, 9.17) is 5.73 Å². The van der Waals surface area contributed by atoms with Gasteiger partial charge in [0.25, 0.3) is 5.91 Å². The highest BCUT2D eigenvalue weighted by Crippen LogP contribution is 2.31. The van der Waals surface area contributed by atoms with E-state index < -0.39 is 5.54 Å². The van der Waals surface area contributed by atoms with Crippen molar-refractivity contribution < 1.29 is 9.59 Å². The zero-order valence-corrected chi connectivity index (χ0v) is 16.4. The average molecular weight is 389 g/mol. The number of benzene rings is 1. The summed E-state index contributed by atoms with van der Waals surface area (Å²) in [6.07, 6.45) is 5.44. The van der Waals surface area contributed by atoms with Gasteiger partial charge in [0.1, 0.15) is 0 Å². The van der Waals surface area contributed by atoms with Gasteiger partial charge in [0, 0.05) is 30.3 Å². The summed E-state index contributed by atoms with van der Waals surface area (Å²) in [6.45, 7) is 4.36. The Balaban J connectivity index is 0.00000261. The molecule has 2 heterocycles. The topological polar surface area (TPSA) is 88.3 Å². The third kappa shape index (κ3) is 4.46. The maximum absolute atomic E-state index is 12.7. The van der Waals surface area contributed by atoms with Crippen LogP contribution in [0.15, 0.2) is 42.7 Å². The van der Waals surface area contributed by atoms with Crippen LogP contribution in [-0.2, 0) is 11.2 Å². The fourth-order valence-corrected chi connectivity index (χ4v) is 3.24. The molecule has 1 aliphatic rings. The molecule has 1 aromatic carbocycles. The number of carbonyl (C=O) groups is 2. The number of nitrogens with zero attached hydrogens (tertiary/aromatic N) is 2. The van der Waals surface area contributed by atoms with Crippen LogP contribution in [0.25, 0.3) is 0 Å². The minimum atomic E-state index is -0.893. The zero-order chi connectivity index (χ0) is 18.7. The van der Waals surface area contributed by atoms with Crippen molar-refractivity contribution in [2.24, 2.45) is 5.73 Å². The van der Waals surface area contributed by atoms with E-state index in [1.54, 1.807) is 36.4 Å². The summed E-state index contributed by atoms with van der Waals surface area (Å²) < 4.78 is 0. The molecule has 2 amide bonds. The lowest BCUT2D eigenvalue weighted by atomic mass is 9.96. The molecule has 3 rings (SSSR count). The van der Waals surface area contributed by atoms with Crippen LogP contribution in [0.5, 0.6) is 0 Å². The van der Waals surface area contributed by atoms with Gasteiger partial charge in [-0.25, -0.2) is 0 Å². The van der Waals surface area contributed by atoms with Crippen molar-refractivity contribution in [2.45, 2.75) is 38.6 Å². The normalized spacial score (nSPS) is 14.7. The summed E-state index contributed by atoms with van der Waals surface area (Å²) in [4.78, 5) is 30.8. The predicted octanol–water partition coefficient (Wildman–Crippen LogP) is 3.16. The molecule has 0 spiro atoms. The van der Waals surface area contributed by atoms with Gasteiger partial charge >= 0.3 is 0 Å². The number of anilines is 2. The van der Waals surface area contributed by atoms with Crippen LogP contribution >= 0.6 is 12.4 Å². The number of hydrogen-bond acceptors (Lipinski definition) is 4. The van der Waals surface area contributed by atoms with E-state index in [-0.39, 0.29) is 24.2 Å². The Morgan fingerprint density at radius 3 is 2.78 bits per heavy atom. The van der Waals surface area contributed by atoms with Crippen molar-refractivity contribution in [1.82, 2.24) is 4.98 Å². The number of nitrogens with two attached hydrogens (primary N) is 1. The first-order chi connectivity index (χ1) is 12.4. The molecule has 0 radical (unpaired) electrons. The molecule has 7 heteroatoms. The van der Waals surface area contributed by atoms with Gasteiger partial charge in [-0.15, -0.1) is 12.4 Å². The average Bonchev–Trinajstić information content (AvgIpc) is 3.05. The number of pyridine rings is 1. The van der Waals surface area contributed by atoms with E-state index in [0.29, 0.717) is 24.2 Å². The second-order valence-electron chi connectivity index (χ2n) is 6.91. The largest absolute Gasteiger partial charge is 0.324 e. The number of halogens is 1. The zero-order valence-electron chi connectivity index (χ0n) is 15.6. The van der Waals surface area contributed by atoms with Crippen LogP contribution in [0.4, 0.5) is 11.4 Å². The summed E-state index contributed by atoms with van der Waals surface area (Å²) in [7, 11) is 0. The first kappa shape index (κ1) is 20.9. The van der Waals surface area contributed by atoms with Crippen LogP contribution in [0.3, 0.4) is 0 Å². The fourth-order valence-electron chi connectivity index (χ4n) is 3.24. The molecule has 1 aromatic heterocycles. The summed E-state index contributed by atoms with van der Waals surface area (Å²) in [5, 5.41) is 2.90. The number of aromatic nitrogens is 1. The van der Waals surface area contributed by atoms with Crippen molar-refractivity contribution in [2.75, 3.05) is 16.8 Å². The van der Waals surface area contributed by atoms with E-state index in [2.05, 4.69) is 10.3 Å². The van der Waals surface area contributed by atoms with Crippen LogP contribution in [-0.4, -0.2) is 28.9 Å². The Morgan fingerprint density at radius 1 is 1.33 bits per heavy atom. The molecule has 0 aliphatic carbocycles. The molecule has 144 valence electrons. The smallest absolute Gasteiger partial charge is 0.259 e. The first-order valence-corrected chi connectivity index (χ1v) is 8.87. The van der Waals surface area contributed by atoms with E-state index in [1.165, 1.54) is 0 Å². The molecule has 2 aromatic rings. The molecule has 0 fully saturated rings. The number of rotatable bonds is 5. The lowest BCUT2D eigenvalue weighted by molar-refractivity contribution is -0.120. The monoisotopic (exact) mass is 388 g/mol. The minimum absolute atomic E-state index is 0. The molecular weight excluding hydrogens is 364 g/mol. The lowest BCUT2D eigenvalue weighted by Crippen LogP contribution is -2.48. The van der Waals surface area contributed by atoms with Crippen molar-refractivity contribution in [3.05, 3.63) is 53.9 Å². The SMILES string of the molecule is CCCC(C)(N)C(=O)Nc1ccc2c(c1)CCN2C(=O)c1cccnc1.Cl. The molecule has 3 N–H and O–H groups in total. The van der Waals surface area contributed by atoms with E-state index in [0.717, 1.165) is 24.1 Å². The van der Waals surface area contributed by atoms with Gasteiger partial charge in [-0.1, -0.05) is 13.3 Å². The maximum Gasteiger partial charge on any atom is 0.259 e. The molecule has 1 aliphatic heterocycles. The van der Waals surface area contributed by atoms with Gasteiger partial charge in [0.05, 0.1) is 11.1 Å². The van der Waals surface area contributed by atoms with Gasteiger partial charge in [-0.2, -0.15) is 0 Å². The van der Waals surface area contributed by atoms with E-state index >= 15 is 0 Å². The Kier molecular flexibility index (Phi) is 6.57. The van der Waals surface area contributed by atoms with Gasteiger partial charge in [-0.3, -0.25) is 14.6 Å². The fraction of sp³-hybridized carbons (Fsp3) is 0.350. The number of fused-ring (bicyclic) bond motifs is 1. The summed E-state index contributed by atoms with van der Waals surface area (Å²) in [5.41, 5.74) is 8.38. The highest BCUT2D eigenvalue weighted by molar-refractivity contribution is 6.07. The van der Waals surface area contributed by atoms with Crippen molar-refractivity contribution in [1.29, 1.82) is 0 Å². The van der Waals surface area contributed by atoms with Crippen LogP contribution in [0, 0.1) is 0 Å². The summed E-state index contributed by atoms with van der Waals surface area (Å²) >= 11 is 0. The maximum atomic E-state index is 12.7. The predicted molar refractivity (Wildman–Crippen MR) is 109 cm³/mol. The molecule has 0 saturated carbocycles. The molecule has 1 atom stereocenters. The number of hydrogen-bond donors (Lipinski definition) is 2. The van der Waals surface area contributed by atoms with Crippen LogP contribution < -0.4 is 16.0 Å². The van der Waals surface area contributed by atoms with Gasteiger partial charge in [0.15, 0.2) is 0 Å². The molecule has 0 bridgehead atoms. The standard InChI is InChI=1S/C20H24N4O2.ClH/c1-3-9-20(2,21)19(26)23-16-6-7-17-14(12-16)8-11-24(17)18(25)15-5-4-10-22-13-15;/h4-7,10,12-13H,3,8-9,11,21H2,1-2H3,(H,23,26);1H. The summed E-state index contributed by atoms with van der Waals surface area (Å²) in [6, 6.07) is 9.12. The lowest BCUT2D eigenvalue weighted by Gasteiger charge is -2.23. The Labute approximate surface area is 165 Å². The second-order valence-corrected chi connectivity index (χ2v) is 6.91. The molecule has 1 unspecified atom stereocenters. The Morgan fingerprint density at radius 2 is 2.11 bits per heavy atom. The highest BCUT2D eigenvalue weighted by atomic mass is 35.5. The van der Waals surface area contributed by atoms with Crippen LogP contribution in [0.1, 0.15) is 42.6 Å². The first-order valence-electron chi connectivity index (χ1n) is 8.87. The molecular formula is C20H25ClN4O2. The Bertz CT molecular complexity index is 824. The van der Waals surface area contributed by atoms with Gasteiger partial charge in [0.2, 0.25) is 5.91 Å². The second kappa shape index (κ2) is 8.50. The highest BCUT2D eigenvalue weighted by Gasteiger charge is 2.29. The Hall–Kier alpha value is -2.44. The minimum Gasteiger partial charge on any atom is -0.324 e. The molecule has 0 saturated heterocycles. The van der Waals surface area contributed by atoms with E-state index in [9.17, 15) is 9.59 Å². The van der Waals surface area contributed by atoms with E-state index in [1.807, 2.05) is 25.1 Å². The molecule has 27 heavy (non-hydrogen) atoms. The van der Waals surface area contributed by atoms with Crippen molar-refractivity contribution >= 4 is 35.6 Å². The number of nitrogens with one attached hydrogen (secondary N) is 1. The van der Waals surface area contributed by atoms with Crippen molar-refractivity contribution in [3.63, 3.8) is 0 Å². The number of carbonyl (C=O) groups excluding carboxylic acids is 2. The molecule has 6 nitrogen and oxygen atoms in total. The van der Waals surface area contributed by atoms with Gasteiger partial charge < -0.3 is 16.0 Å². The number of amides is 2. The van der Waals surface area contributed by atoms with Crippen molar-refractivity contribution in [3.8, 4) is 0 Å². The summed E-state index contributed by atoms with van der Waals surface area (Å²) in [5.74, 6) is -0.258. The van der Waals surface area contributed by atoms with Gasteiger partial charge in [-0.05, 0) is 55.7 Å². The third-order valence-corrected chi connectivity index (χ3v) is 4.67. The quantitative estimate of drug-likeness (QED) is 0.823. The third-order valence-electron chi connectivity index (χ3n) is 4.67. The van der Waals surface area contributed by atoms with Crippen LogP contribution in [0.2, 0.25) is 0 Å².